The monoisotopic (exact) mass is 276 g/mol. The Morgan fingerprint density at radius 1 is 1.22 bits per heavy atom. The van der Waals surface area contributed by atoms with Crippen molar-refractivity contribution in [2.45, 2.75) is 57.9 Å². The summed E-state index contributed by atoms with van der Waals surface area (Å²) >= 11 is 0. The normalized spacial score (nSPS) is 19.9. The average Bonchev–Trinajstić information content (AvgIpc) is 2.37. The molecule has 1 aliphatic rings. The number of hydrogen-bond acceptors (Lipinski definition) is 3. The summed E-state index contributed by atoms with van der Waals surface area (Å²) in [7, 11) is -1.26. The van der Waals surface area contributed by atoms with E-state index in [1.807, 2.05) is 7.05 Å². The Labute approximate surface area is 112 Å². The molecule has 1 fully saturated rings. The van der Waals surface area contributed by atoms with Crippen molar-refractivity contribution in [1.29, 1.82) is 0 Å². The van der Waals surface area contributed by atoms with E-state index in [0.29, 0.717) is 12.3 Å². The fraction of sp³-hybridized carbons (Fsp3) is 1.00. The maximum absolute atomic E-state index is 12.0. The summed E-state index contributed by atoms with van der Waals surface area (Å²) in [5.41, 5.74) is 0. The molecule has 2 N–H and O–H groups in total. The topological polar surface area (TPSA) is 58.2 Å². The SMILES string of the molecule is CCC(NS(=O)(=O)CCCNC)C1CCCCC1. The minimum Gasteiger partial charge on any atom is -0.320 e. The zero-order valence-corrected chi connectivity index (χ0v) is 12.6. The largest absolute Gasteiger partial charge is 0.320 e. The third kappa shape index (κ3) is 5.67. The van der Waals surface area contributed by atoms with Crippen molar-refractivity contribution in [3.05, 3.63) is 0 Å². The average molecular weight is 276 g/mol. The highest BCUT2D eigenvalue weighted by molar-refractivity contribution is 7.89. The number of nitrogens with one attached hydrogen (secondary N) is 2. The zero-order chi connectivity index (χ0) is 13.4. The number of hydrogen-bond donors (Lipinski definition) is 2. The molecule has 0 radical (unpaired) electrons. The summed E-state index contributed by atoms with van der Waals surface area (Å²) in [6, 6.07) is 0.143. The van der Waals surface area contributed by atoms with E-state index in [0.717, 1.165) is 13.0 Å². The molecule has 0 aromatic rings. The first-order valence-electron chi connectivity index (χ1n) is 7.23. The van der Waals surface area contributed by atoms with Crippen LogP contribution in [0.2, 0.25) is 0 Å². The Kier molecular flexibility index (Phi) is 7.19. The molecular weight excluding hydrogens is 248 g/mol. The summed E-state index contributed by atoms with van der Waals surface area (Å²) in [5, 5.41) is 2.98. The third-order valence-electron chi connectivity index (χ3n) is 3.83. The van der Waals surface area contributed by atoms with Crippen LogP contribution in [-0.2, 0) is 10.0 Å². The van der Waals surface area contributed by atoms with Crippen molar-refractivity contribution in [2.24, 2.45) is 5.92 Å². The van der Waals surface area contributed by atoms with Gasteiger partial charge in [-0.05, 0) is 45.2 Å². The van der Waals surface area contributed by atoms with E-state index >= 15 is 0 Å². The summed E-state index contributed by atoms with van der Waals surface area (Å²) in [4.78, 5) is 0. The molecule has 0 aliphatic heterocycles. The fourth-order valence-corrected chi connectivity index (χ4v) is 4.24. The first kappa shape index (κ1) is 15.9. The second-order valence-corrected chi connectivity index (χ2v) is 7.18. The number of sulfonamides is 1. The molecule has 0 aromatic carbocycles. The van der Waals surface area contributed by atoms with Crippen molar-refractivity contribution in [3.63, 3.8) is 0 Å². The summed E-state index contributed by atoms with van der Waals surface area (Å²) in [5.74, 6) is 0.777. The van der Waals surface area contributed by atoms with Gasteiger partial charge in [-0.2, -0.15) is 0 Å². The lowest BCUT2D eigenvalue weighted by molar-refractivity contribution is 0.285. The predicted molar refractivity (Wildman–Crippen MR) is 76.1 cm³/mol. The Morgan fingerprint density at radius 2 is 1.89 bits per heavy atom. The van der Waals surface area contributed by atoms with Gasteiger partial charge in [0.05, 0.1) is 5.75 Å². The van der Waals surface area contributed by atoms with Crippen LogP contribution >= 0.6 is 0 Å². The van der Waals surface area contributed by atoms with E-state index in [9.17, 15) is 8.42 Å². The van der Waals surface area contributed by atoms with Gasteiger partial charge < -0.3 is 5.32 Å². The molecule has 0 aromatic heterocycles. The minimum absolute atomic E-state index is 0.143. The Morgan fingerprint density at radius 3 is 2.44 bits per heavy atom. The lowest BCUT2D eigenvalue weighted by Crippen LogP contribution is -2.41. The van der Waals surface area contributed by atoms with Crippen LogP contribution < -0.4 is 10.0 Å². The molecular formula is C13H28N2O2S. The quantitative estimate of drug-likeness (QED) is 0.665. The molecule has 0 spiro atoms. The fourth-order valence-electron chi connectivity index (χ4n) is 2.78. The van der Waals surface area contributed by atoms with E-state index in [4.69, 9.17) is 0 Å². The van der Waals surface area contributed by atoms with Gasteiger partial charge in [0, 0.05) is 6.04 Å². The second kappa shape index (κ2) is 8.12. The van der Waals surface area contributed by atoms with Crippen molar-refractivity contribution in [3.8, 4) is 0 Å². The van der Waals surface area contributed by atoms with Crippen LogP contribution in [0, 0.1) is 5.92 Å². The summed E-state index contributed by atoms with van der Waals surface area (Å²) in [6.07, 6.45) is 7.74. The summed E-state index contributed by atoms with van der Waals surface area (Å²) < 4.78 is 26.9. The van der Waals surface area contributed by atoms with Gasteiger partial charge in [-0.25, -0.2) is 13.1 Å². The molecule has 1 saturated carbocycles. The van der Waals surface area contributed by atoms with Crippen molar-refractivity contribution < 1.29 is 8.42 Å². The van der Waals surface area contributed by atoms with E-state index in [1.165, 1.54) is 32.1 Å². The molecule has 4 nitrogen and oxygen atoms in total. The van der Waals surface area contributed by atoms with Crippen molar-refractivity contribution in [1.82, 2.24) is 10.0 Å². The Balaban J connectivity index is 2.45. The highest BCUT2D eigenvalue weighted by atomic mass is 32.2. The van der Waals surface area contributed by atoms with Gasteiger partial charge in [0.25, 0.3) is 0 Å². The van der Waals surface area contributed by atoms with Gasteiger partial charge in [-0.3, -0.25) is 0 Å². The Hall–Kier alpha value is -0.130. The lowest BCUT2D eigenvalue weighted by Gasteiger charge is -2.30. The van der Waals surface area contributed by atoms with E-state index in [2.05, 4.69) is 17.0 Å². The number of rotatable bonds is 8. The van der Waals surface area contributed by atoms with Crippen LogP contribution in [0.1, 0.15) is 51.9 Å². The van der Waals surface area contributed by atoms with Crippen molar-refractivity contribution >= 4 is 10.0 Å². The predicted octanol–water partition coefficient (Wildman–Crippen LogP) is 1.87. The van der Waals surface area contributed by atoms with Gasteiger partial charge in [0.15, 0.2) is 0 Å². The van der Waals surface area contributed by atoms with Crippen LogP contribution in [0.5, 0.6) is 0 Å². The first-order valence-corrected chi connectivity index (χ1v) is 8.89. The van der Waals surface area contributed by atoms with Crippen LogP contribution in [0.3, 0.4) is 0 Å². The molecule has 18 heavy (non-hydrogen) atoms. The van der Waals surface area contributed by atoms with Gasteiger partial charge in [0.2, 0.25) is 10.0 Å². The lowest BCUT2D eigenvalue weighted by atomic mass is 9.83. The van der Waals surface area contributed by atoms with Gasteiger partial charge in [-0.1, -0.05) is 26.2 Å². The van der Waals surface area contributed by atoms with Crippen LogP contribution in [-0.4, -0.2) is 33.8 Å². The van der Waals surface area contributed by atoms with E-state index < -0.39 is 10.0 Å². The van der Waals surface area contributed by atoms with Crippen LogP contribution in [0.25, 0.3) is 0 Å². The smallest absolute Gasteiger partial charge is 0.211 e. The van der Waals surface area contributed by atoms with Gasteiger partial charge in [-0.15, -0.1) is 0 Å². The first-order chi connectivity index (χ1) is 8.59. The molecule has 0 amide bonds. The molecule has 0 heterocycles. The second-order valence-electron chi connectivity index (χ2n) is 5.31. The maximum atomic E-state index is 12.0. The molecule has 1 rings (SSSR count). The molecule has 1 unspecified atom stereocenters. The van der Waals surface area contributed by atoms with Crippen LogP contribution in [0.15, 0.2) is 0 Å². The third-order valence-corrected chi connectivity index (χ3v) is 5.32. The van der Waals surface area contributed by atoms with Crippen molar-refractivity contribution in [2.75, 3.05) is 19.3 Å². The van der Waals surface area contributed by atoms with Gasteiger partial charge in [0.1, 0.15) is 0 Å². The molecule has 0 saturated heterocycles. The van der Waals surface area contributed by atoms with E-state index in [1.54, 1.807) is 0 Å². The maximum Gasteiger partial charge on any atom is 0.211 e. The standard InChI is InChI=1S/C13H28N2O2S/c1-3-13(12-8-5-4-6-9-12)15-18(16,17)11-7-10-14-2/h12-15H,3-11H2,1-2H3. The summed E-state index contributed by atoms with van der Waals surface area (Å²) in [6.45, 7) is 2.83. The molecule has 0 bridgehead atoms. The van der Waals surface area contributed by atoms with E-state index in [-0.39, 0.29) is 11.8 Å². The molecule has 5 heteroatoms. The highest BCUT2D eigenvalue weighted by Gasteiger charge is 2.25. The van der Waals surface area contributed by atoms with Crippen LogP contribution in [0.4, 0.5) is 0 Å². The zero-order valence-electron chi connectivity index (χ0n) is 11.7. The molecule has 1 aliphatic carbocycles. The molecule has 1 atom stereocenters. The highest BCUT2D eigenvalue weighted by Crippen LogP contribution is 2.28. The van der Waals surface area contributed by atoms with Gasteiger partial charge >= 0.3 is 0 Å². The minimum atomic E-state index is -3.10. The Bertz CT molecular complexity index is 311. The molecule has 108 valence electrons.